The molecule has 1 aromatic rings. The first-order chi connectivity index (χ1) is 10.1. The first-order valence-electron chi connectivity index (χ1n) is 7.62. The second-order valence-electron chi connectivity index (χ2n) is 6.28. The second kappa shape index (κ2) is 5.78. The van der Waals surface area contributed by atoms with Gasteiger partial charge in [0.25, 0.3) is 0 Å². The Balaban J connectivity index is 1.60. The summed E-state index contributed by atoms with van der Waals surface area (Å²) in [5.74, 6) is 0.313. The highest BCUT2D eigenvalue weighted by atomic mass is 32.1. The Kier molecular flexibility index (Phi) is 4.01. The molecule has 4 nitrogen and oxygen atoms in total. The van der Waals surface area contributed by atoms with E-state index >= 15 is 0 Å². The van der Waals surface area contributed by atoms with Crippen molar-refractivity contribution >= 4 is 17.2 Å². The van der Waals surface area contributed by atoms with Crippen molar-refractivity contribution in [2.24, 2.45) is 5.92 Å². The second-order valence-corrected chi connectivity index (χ2v) is 7.26. The number of thiophene rings is 1. The van der Waals surface area contributed by atoms with Gasteiger partial charge in [0, 0.05) is 10.9 Å². The Bertz CT molecular complexity index is 546. The van der Waals surface area contributed by atoms with Crippen molar-refractivity contribution in [3.05, 3.63) is 22.4 Å². The molecule has 2 aliphatic rings. The number of hydrogen-bond acceptors (Lipinski definition) is 4. The summed E-state index contributed by atoms with van der Waals surface area (Å²) >= 11 is 1.76. The first kappa shape index (κ1) is 14.6. The van der Waals surface area contributed by atoms with Crippen LogP contribution in [0.4, 0.5) is 0 Å². The molecule has 21 heavy (non-hydrogen) atoms. The Morgan fingerprint density at radius 2 is 2.38 bits per heavy atom. The SMILES string of the molecule is C[C@@](C#N)(NC(=O)CN1CCC[C@@H]1c1cccs1)C1CC1. The van der Waals surface area contributed by atoms with Gasteiger partial charge in [-0.2, -0.15) is 5.26 Å². The molecule has 0 radical (unpaired) electrons. The van der Waals surface area contributed by atoms with Crippen LogP contribution in [-0.4, -0.2) is 29.4 Å². The van der Waals surface area contributed by atoms with E-state index in [0.717, 1.165) is 32.2 Å². The largest absolute Gasteiger partial charge is 0.337 e. The number of carbonyl (C=O) groups is 1. The zero-order chi connectivity index (χ0) is 14.9. The Morgan fingerprint density at radius 1 is 1.57 bits per heavy atom. The van der Waals surface area contributed by atoms with Crippen molar-refractivity contribution in [2.45, 2.75) is 44.2 Å². The lowest BCUT2D eigenvalue weighted by molar-refractivity contribution is -0.123. The van der Waals surface area contributed by atoms with Crippen molar-refractivity contribution < 1.29 is 4.79 Å². The third kappa shape index (κ3) is 3.12. The molecule has 1 aliphatic heterocycles. The number of likely N-dealkylation sites (tertiary alicyclic amines) is 1. The van der Waals surface area contributed by atoms with Crippen molar-refractivity contribution in [1.29, 1.82) is 5.26 Å². The Morgan fingerprint density at radius 3 is 3.00 bits per heavy atom. The molecule has 1 N–H and O–H groups in total. The van der Waals surface area contributed by atoms with E-state index in [9.17, 15) is 10.1 Å². The predicted octanol–water partition coefficient (Wildman–Crippen LogP) is 2.69. The van der Waals surface area contributed by atoms with Gasteiger partial charge >= 0.3 is 0 Å². The van der Waals surface area contributed by atoms with E-state index < -0.39 is 5.54 Å². The molecule has 0 spiro atoms. The van der Waals surface area contributed by atoms with E-state index in [0.29, 0.717) is 18.5 Å². The summed E-state index contributed by atoms with van der Waals surface area (Å²) in [6, 6.07) is 6.87. The molecule has 0 bridgehead atoms. The summed E-state index contributed by atoms with van der Waals surface area (Å²) in [6.45, 7) is 3.21. The fourth-order valence-corrected chi connectivity index (χ4v) is 4.11. The maximum absolute atomic E-state index is 12.3. The zero-order valence-corrected chi connectivity index (χ0v) is 13.2. The molecule has 3 rings (SSSR count). The number of amides is 1. The zero-order valence-electron chi connectivity index (χ0n) is 12.3. The van der Waals surface area contributed by atoms with Gasteiger partial charge < -0.3 is 5.32 Å². The van der Waals surface area contributed by atoms with Gasteiger partial charge in [0.2, 0.25) is 5.91 Å². The van der Waals surface area contributed by atoms with Gasteiger partial charge in [-0.1, -0.05) is 6.07 Å². The van der Waals surface area contributed by atoms with Crippen LogP contribution in [0.2, 0.25) is 0 Å². The number of hydrogen-bond donors (Lipinski definition) is 1. The highest BCUT2D eigenvalue weighted by Gasteiger charge is 2.43. The molecule has 112 valence electrons. The molecule has 2 heterocycles. The highest BCUT2D eigenvalue weighted by Crippen LogP contribution is 2.39. The third-order valence-electron chi connectivity index (χ3n) is 4.61. The van der Waals surface area contributed by atoms with Gasteiger partial charge in [-0.15, -0.1) is 11.3 Å². The lowest BCUT2D eigenvalue weighted by atomic mass is 9.98. The lowest BCUT2D eigenvalue weighted by Crippen LogP contribution is -2.50. The van der Waals surface area contributed by atoms with E-state index in [1.807, 2.05) is 6.92 Å². The smallest absolute Gasteiger partial charge is 0.235 e. The summed E-state index contributed by atoms with van der Waals surface area (Å²) in [5.41, 5.74) is -0.685. The molecule has 5 heteroatoms. The van der Waals surface area contributed by atoms with E-state index in [-0.39, 0.29) is 5.91 Å². The minimum Gasteiger partial charge on any atom is -0.337 e. The molecule has 1 aromatic heterocycles. The van der Waals surface area contributed by atoms with Crippen LogP contribution in [0.5, 0.6) is 0 Å². The number of nitrogens with one attached hydrogen (secondary N) is 1. The van der Waals surface area contributed by atoms with Crippen LogP contribution in [0.3, 0.4) is 0 Å². The Hall–Kier alpha value is -1.38. The minimum atomic E-state index is -0.685. The molecular formula is C16H21N3OS. The number of carbonyl (C=O) groups excluding carboxylic acids is 1. The van der Waals surface area contributed by atoms with Crippen LogP contribution in [0.15, 0.2) is 17.5 Å². The molecular weight excluding hydrogens is 282 g/mol. The number of nitrogens with zero attached hydrogens (tertiary/aromatic N) is 2. The van der Waals surface area contributed by atoms with Crippen molar-refractivity contribution in [3.63, 3.8) is 0 Å². The van der Waals surface area contributed by atoms with Gasteiger partial charge in [0.05, 0.1) is 12.6 Å². The van der Waals surface area contributed by atoms with Crippen LogP contribution in [0.25, 0.3) is 0 Å². The quantitative estimate of drug-likeness (QED) is 0.910. The van der Waals surface area contributed by atoms with Crippen LogP contribution < -0.4 is 5.32 Å². The topological polar surface area (TPSA) is 56.1 Å². The average Bonchev–Trinajstić information content (AvgIpc) is 3.01. The molecule has 0 unspecified atom stereocenters. The fraction of sp³-hybridized carbons (Fsp3) is 0.625. The average molecular weight is 303 g/mol. The van der Waals surface area contributed by atoms with E-state index in [1.165, 1.54) is 4.88 Å². The summed E-state index contributed by atoms with van der Waals surface area (Å²) < 4.78 is 0. The summed E-state index contributed by atoms with van der Waals surface area (Å²) in [5, 5.41) is 14.4. The molecule has 1 amide bonds. The van der Waals surface area contributed by atoms with Gasteiger partial charge in [-0.05, 0) is 56.5 Å². The number of nitriles is 1. The standard InChI is InChI=1S/C16H21N3OS/c1-16(11-17,12-6-7-12)18-15(20)10-19-8-2-4-13(19)14-5-3-9-21-14/h3,5,9,12-13H,2,4,6-8,10H2,1H3,(H,18,20)/t13-,16+/m1/s1. The highest BCUT2D eigenvalue weighted by molar-refractivity contribution is 7.10. The molecule has 2 atom stereocenters. The van der Waals surface area contributed by atoms with Gasteiger partial charge in [0.1, 0.15) is 5.54 Å². The van der Waals surface area contributed by atoms with Crippen molar-refractivity contribution in [1.82, 2.24) is 10.2 Å². The van der Waals surface area contributed by atoms with Crippen molar-refractivity contribution in [2.75, 3.05) is 13.1 Å². The lowest BCUT2D eigenvalue weighted by Gasteiger charge is -2.27. The summed E-state index contributed by atoms with van der Waals surface area (Å²) in [7, 11) is 0. The molecule has 0 aromatic carbocycles. The van der Waals surface area contributed by atoms with Crippen LogP contribution in [-0.2, 0) is 4.79 Å². The summed E-state index contributed by atoms with van der Waals surface area (Å²) in [6.07, 6.45) is 4.34. The maximum Gasteiger partial charge on any atom is 0.235 e. The predicted molar refractivity (Wildman–Crippen MR) is 82.8 cm³/mol. The van der Waals surface area contributed by atoms with Gasteiger partial charge in [-0.25, -0.2) is 0 Å². The first-order valence-corrected chi connectivity index (χ1v) is 8.50. The van der Waals surface area contributed by atoms with Crippen molar-refractivity contribution in [3.8, 4) is 6.07 Å². The van der Waals surface area contributed by atoms with E-state index in [1.54, 1.807) is 11.3 Å². The maximum atomic E-state index is 12.3. The monoisotopic (exact) mass is 303 g/mol. The molecule has 1 aliphatic carbocycles. The van der Waals surface area contributed by atoms with Gasteiger partial charge in [-0.3, -0.25) is 9.69 Å². The normalized spacial score (nSPS) is 25.2. The van der Waals surface area contributed by atoms with Gasteiger partial charge in [0.15, 0.2) is 0 Å². The molecule has 1 saturated carbocycles. The number of rotatable bonds is 5. The molecule has 2 fully saturated rings. The van der Waals surface area contributed by atoms with E-state index in [2.05, 4.69) is 33.8 Å². The fourth-order valence-electron chi connectivity index (χ4n) is 3.21. The third-order valence-corrected chi connectivity index (χ3v) is 5.58. The summed E-state index contributed by atoms with van der Waals surface area (Å²) in [4.78, 5) is 15.9. The van der Waals surface area contributed by atoms with Crippen LogP contribution in [0.1, 0.15) is 43.5 Å². The van der Waals surface area contributed by atoms with E-state index in [4.69, 9.17) is 0 Å². The minimum absolute atomic E-state index is 0.0191. The van der Waals surface area contributed by atoms with Crippen LogP contribution in [0, 0.1) is 17.2 Å². The Labute approximate surface area is 129 Å². The van der Waals surface area contributed by atoms with Crippen LogP contribution >= 0.6 is 11.3 Å². The molecule has 1 saturated heterocycles.